The fourth-order valence-electron chi connectivity index (χ4n) is 7.66. The van der Waals surface area contributed by atoms with Crippen molar-refractivity contribution < 1.29 is 18.0 Å². The molecule has 9 nitrogen and oxygen atoms in total. The molecule has 4 aliphatic rings. The highest BCUT2D eigenvalue weighted by molar-refractivity contribution is 6.10. The summed E-state index contributed by atoms with van der Waals surface area (Å²) in [5, 5.41) is 21.5. The number of nitriles is 1. The van der Waals surface area contributed by atoms with Gasteiger partial charge >= 0.3 is 6.18 Å². The number of rotatable bonds is 9. The standard InChI is InChI=1S/C37H37F3N8O/c1-46-22-43-45-34(46)27-6-5-24(18-41)13-28(27)26-16-32(42-11-7-23-3-2-4-23)44-33(17-26)48-20-30-29(35(48)49)14-25(15-31(30)37(38,39)40)19-47-12-10-36(21-47)8-9-36/h5-6,13-17,22-23H,2-4,7-12,19-21H2,1H3,(H,42,44). The van der Waals surface area contributed by atoms with Crippen LogP contribution in [0.25, 0.3) is 22.5 Å². The fourth-order valence-corrected chi connectivity index (χ4v) is 7.66. The molecule has 4 aromatic rings. The largest absolute Gasteiger partial charge is 0.416 e. The van der Waals surface area contributed by atoms with Crippen molar-refractivity contribution in [1.29, 1.82) is 5.26 Å². The fraction of sp³-hybridized carbons (Fsp3) is 0.432. The van der Waals surface area contributed by atoms with Crippen molar-refractivity contribution in [3.05, 3.63) is 76.6 Å². The number of carbonyl (C=O) groups is 1. The first-order valence-corrected chi connectivity index (χ1v) is 17.0. The molecule has 0 atom stereocenters. The van der Waals surface area contributed by atoms with Gasteiger partial charge in [0.15, 0.2) is 5.82 Å². The molecule has 2 aromatic heterocycles. The third kappa shape index (κ3) is 6.05. The molecular formula is C37H37F3N8O. The molecule has 2 aromatic carbocycles. The summed E-state index contributed by atoms with van der Waals surface area (Å²) in [6.45, 7) is 2.55. The second kappa shape index (κ2) is 12.0. The van der Waals surface area contributed by atoms with E-state index in [1.165, 1.54) is 43.1 Å². The van der Waals surface area contributed by atoms with Gasteiger partial charge in [-0.2, -0.15) is 18.4 Å². The van der Waals surface area contributed by atoms with Gasteiger partial charge < -0.3 is 9.88 Å². The molecule has 2 aliphatic heterocycles. The zero-order valence-electron chi connectivity index (χ0n) is 27.4. The number of amides is 1. The first kappa shape index (κ1) is 31.5. The number of nitrogens with one attached hydrogen (secondary N) is 1. The molecule has 1 amide bonds. The van der Waals surface area contributed by atoms with E-state index in [1.807, 2.05) is 13.1 Å². The van der Waals surface area contributed by atoms with E-state index in [0.29, 0.717) is 63.9 Å². The Hall–Kier alpha value is -4.76. The Morgan fingerprint density at radius 1 is 1.06 bits per heavy atom. The van der Waals surface area contributed by atoms with Crippen molar-refractivity contribution in [3.63, 3.8) is 0 Å². The first-order chi connectivity index (χ1) is 23.6. The van der Waals surface area contributed by atoms with Crippen LogP contribution in [0.1, 0.15) is 77.6 Å². The first-order valence-electron chi connectivity index (χ1n) is 17.0. The average Bonchev–Trinajstić information content (AvgIpc) is 3.32. The molecule has 1 spiro atoms. The van der Waals surface area contributed by atoms with Crippen molar-refractivity contribution >= 4 is 17.5 Å². The van der Waals surface area contributed by atoms with Crippen LogP contribution in [-0.2, 0) is 26.3 Å². The van der Waals surface area contributed by atoms with E-state index in [1.54, 1.807) is 41.2 Å². The predicted molar refractivity (Wildman–Crippen MR) is 178 cm³/mol. The second-order valence-electron chi connectivity index (χ2n) is 14.3. The number of hydrogen-bond acceptors (Lipinski definition) is 7. The number of fused-ring (bicyclic) bond motifs is 1. The van der Waals surface area contributed by atoms with Gasteiger partial charge in [-0.3, -0.25) is 14.6 Å². The van der Waals surface area contributed by atoms with E-state index in [-0.39, 0.29) is 23.5 Å². The number of aromatic nitrogens is 4. The van der Waals surface area contributed by atoms with Gasteiger partial charge in [0.05, 0.1) is 23.7 Å². The van der Waals surface area contributed by atoms with E-state index < -0.39 is 17.6 Å². The number of anilines is 2. The highest BCUT2D eigenvalue weighted by Crippen LogP contribution is 2.53. The van der Waals surface area contributed by atoms with E-state index in [0.717, 1.165) is 25.9 Å². The molecule has 12 heteroatoms. The second-order valence-corrected chi connectivity index (χ2v) is 14.3. The summed E-state index contributed by atoms with van der Waals surface area (Å²) in [6, 6.07) is 13.9. The molecule has 252 valence electrons. The Morgan fingerprint density at radius 2 is 1.90 bits per heavy atom. The van der Waals surface area contributed by atoms with Crippen LogP contribution in [0, 0.1) is 22.7 Å². The number of nitrogens with zero attached hydrogens (tertiary/aromatic N) is 7. The molecule has 3 fully saturated rings. The lowest BCUT2D eigenvalue weighted by Gasteiger charge is -2.25. The Labute approximate surface area is 282 Å². The minimum atomic E-state index is -4.62. The zero-order valence-corrected chi connectivity index (χ0v) is 27.4. The van der Waals surface area contributed by atoms with Crippen LogP contribution in [0.2, 0.25) is 0 Å². The van der Waals surface area contributed by atoms with Gasteiger partial charge in [-0.1, -0.05) is 19.3 Å². The number of hydrogen-bond donors (Lipinski definition) is 1. The maximum absolute atomic E-state index is 14.6. The lowest BCUT2D eigenvalue weighted by molar-refractivity contribution is -0.138. The van der Waals surface area contributed by atoms with Crippen molar-refractivity contribution in [2.24, 2.45) is 18.4 Å². The maximum Gasteiger partial charge on any atom is 0.416 e. The van der Waals surface area contributed by atoms with Gasteiger partial charge in [-0.25, -0.2) is 4.98 Å². The molecule has 0 radical (unpaired) electrons. The predicted octanol–water partition coefficient (Wildman–Crippen LogP) is 7.18. The quantitative estimate of drug-likeness (QED) is 0.202. The normalized spacial score (nSPS) is 18.5. The van der Waals surface area contributed by atoms with E-state index in [4.69, 9.17) is 4.98 Å². The molecule has 0 bridgehead atoms. The third-order valence-corrected chi connectivity index (χ3v) is 10.9. The molecule has 1 N–H and O–H groups in total. The third-order valence-electron chi connectivity index (χ3n) is 10.9. The number of carbonyl (C=O) groups excluding carboxylic acids is 1. The minimum absolute atomic E-state index is 0.0284. The molecule has 2 aliphatic carbocycles. The topological polar surface area (TPSA) is 103 Å². The molecule has 0 unspecified atom stereocenters. The summed E-state index contributed by atoms with van der Waals surface area (Å²) >= 11 is 0. The monoisotopic (exact) mass is 666 g/mol. The molecule has 2 saturated carbocycles. The van der Waals surface area contributed by atoms with Gasteiger partial charge in [0.25, 0.3) is 5.91 Å². The number of aryl methyl sites for hydroxylation is 1. The molecule has 8 rings (SSSR count). The number of benzene rings is 2. The van der Waals surface area contributed by atoms with Crippen molar-refractivity contribution in [3.8, 4) is 28.6 Å². The Bertz CT molecular complexity index is 1990. The van der Waals surface area contributed by atoms with Gasteiger partial charge in [-0.15, -0.1) is 10.2 Å². The lowest BCUT2D eigenvalue weighted by Crippen LogP contribution is -2.25. The summed E-state index contributed by atoms with van der Waals surface area (Å²) < 4.78 is 45.5. The minimum Gasteiger partial charge on any atom is -0.370 e. The van der Waals surface area contributed by atoms with Gasteiger partial charge in [0.1, 0.15) is 18.0 Å². The van der Waals surface area contributed by atoms with E-state index in [2.05, 4.69) is 26.5 Å². The summed E-state index contributed by atoms with van der Waals surface area (Å²) in [6.07, 6.45) is 5.01. The van der Waals surface area contributed by atoms with Crippen molar-refractivity contribution in [2.75, 3.05) is 29.9 Å². The van der Waals surface area contributed by atoms with Gasteiger partial charge in [0, 0.05) is 37.8 Å². The zero-order chi connectivity index (χ0) is 33.9. The van der Waals surface area contributed by atoms with Crippen LogP contribution < -0.4 is 10.2 Å². The van der Waals surface area contributed by atoms with Gasteiger partial charge in [0.2, 0.25) is 0 Å². The summed E-state index contributed by atoms with van der Waals surface area (Å²) in [7, 11) is 1.82. The van der Waals surface area contributed by atoms with E-state index in [9.17, 15) is 23.2 Å². The highest BCUT2D eigenvalue weighted by Gasteiger charge is 2.48. The Kier molecular flexibility index (Phi) is 7.70. The van der Waals surface area contributed by atoms with Crippen molar-refractivity contribution in [2.45, 2.75) is 64.2 Å². The van der Waals surface area contributed by atoms with Crippen LogP contribution in [-0.4, -0.2) is 50.2 Å². The average molecular weight is 667 g/mol. The molecule has 1 saturated heterocycles. The van der Waals surface area contributed by atoms with Gasteiger partial charge in [-0.05, 0) is 108 Å². The van der Waals surface area contributed by atoms with Crippen LogP contribution in [0.4, 0.5) is 24.8 Å². The Balaban J connectivity index is 1.18. The number of pyridine rings is 1. The lowest BCUT2D eigenvalue weighted by atomic mass is 9.83. The molecule has 4 heterocycles. The molecule has 49 heavy (non-hydrogen) atoms. The maximum atomic E-state index is 14.6. The van der Waals surface area contributed by atoms with Crippen LogP contribution >= 0.6 is 0 Å². The summed E-state index contributed by atoms with van der Waals surface area (Å²) in [5.41, 5.74) is 2.58. The van der Waals surface area contributed by atoms with Crippen LogP contribution in [0.15, 0.2) is 48.8 Å². The van der Waals surface area contributed by atoms with Crippen LogP contribution in [0.5, 0.6) is 0 Å². The Morgan fingerprint density at radius 3 is 2.57 bits per heavy atom. The SMILES string of the molecule is Cn1cnnc1-c1ccc(C#N)cc1-c1cc(NCCC2CCC2)nc(N2Cc3c(cc(CN4CCC5(CC5)C4)cc3C(F)(F)F)C2=O)c1. The molecular weight excluding hydrogens is 629 g/mol. The van der Waals surface area contributed by atoms with Crippen molar-refractivity contribution in [1.82, 2.24) is 24.6 Å². The summed E-state index contributed by atoms with van der Waals surface area (Å²) in [4.78, 5) is 22.5. The number of likely N-dealkylation sites (tertiary alicyclic amines) is 1. The number of halogens is 3. The van der Waals surface area contributed by atoms with Crippen LogP contribution in [0.3, 0.4) is 0 Å². The smallest absolute Gasteiger partial charge is 0.370 e. The summed E-state index contributed by atoms with van der Waals surface area (Å²) in [5.74, 6) is 1.47. The highest BCUT2D eigenvalue weighted by atomic mass is 19.4. The number of alkyl halides is 3. The van der Waals surface area contributed by atoms with E-state index >= 15 is 0 Å².